The largest absolute Gasteiger partial charge is 0.454 e. The Morgan fingerprint density at radius 3 is 2.62 bits per heavy atom. The Balaban J connectivity index is 1.54. The molecule has 1 atom stereocenters. The van der Waals surface area contributed by atoms with Gasteiger partial charge in [-0.05, 0) is 47.2 Å². The molecule has 1 aliphatic carbocycles. The summed E-state index contributed by atoms with van der Waals surface area (Å²) in [7, 11) is 0. The van der Waals surface area contributed by atoms with Crippen LogP contribution in [0, 0.1) is 0 Å². The fraction of sp³-hybridized carbons (Fsp3) is 0.190. The third-order valence-corrected chi connectivity index (χ3v) is 4.43. The average molecular weight is 318 g/mol. The Kier molecular flexibility index (Phi) is 3.91. The molecular weight excluding hydrogens is 300 g/mol. The number of hydrogen-bond acceptors (Lipinski definition) is 3. The van der Waals surface area contributed by atoms with E-state index >= 15 is 0 Å². The Labute approximate surface area is 141 Å². The molecular formula is C21H18O3. The lowest BCUT2D eigenvalue weighted by molar-refractivity contribution is -0.115. The topological polar surface area (TPSA) is 35.5 Å². The Hall–Kier alpha value is -2.81. The highest BCUT2D eigenvalue weighted by Gasteiger charge is 2.23. The SMILES string of the molecule is O=C1C=C(C=Cc2ccccc2)CC(c2ccc3c(c2)OCO3)C1. The van der Waals surface area contributed by atoms with E-state index in [2.05, 4.69) is 18.2 Å². The van der Waals surface area contributed by atoms with Crippen LogP contribution in [0.5, 0.6) is 11.5 Å². The smallest absolute Gasteiger partial charge is 0.231 e. The highest BCUT2D eigenvalue weighted by atomic mass is 16.7. The highest BCUT2D eigenvalue weighted by Crippen LogP contribution is 2.38. The van der Waals surface area contributed by atoms with Gasteiger partial charge >= 0.3 is 0 Å². The molecule has 24 heavy (non-hydrogen) atoms. The first-order chi connectivity index (χ1) is 11.8. The second-order valence-electron chi connectivity index (χ2n) is 6.15. The van der Waals surface area contributed by atoms with Gasteiger partial charge in [0.05, 0.1) is 0 Å². The van der Waals surface area contributed by atoms with Crippen LogP contribution < -0.4 is 9.47 Å². The quantitative estimate of drug-likeness (QED) is 0.836. The van der Waals surface area contributed by atoms with Crippen molar-refractivity contribution >= 4 is 11.9 Å². The number of rotatable bonds is 3. The van der Waals surface area contributed by atoms with Gasteiger partial charge in [0.2, 0.25) is 6.79 Å². The summed E-state index contributed by atoms with van der Waals surface area (Å²) in [6.45, 7) is 0.271. The van der Waals surface area contributed by atoms with Gasteiger partial charge < -0.3 is 9.47 Å². The summed E-state index contributed by atoms with van der Waals surface area (Å²) in [5.74, 6) is 1.92. The average Bonchev–Trinajstić information content (AvgIpc) is 3.08. The van der Waals surface area contributed by atoms with Crippen LogP contribution in [0.25, 0.3) is 6.08 Å². The molecule has 0 fully saturated rings. The lowest BCUT2D eigenvalue weighted by Crippen LogP contribution is -2.12. The predicted molar refractivity (Wildman–Crippen MR) is 93.1 cm³/mol. The first-order valence-electron chi connectivity index (χ1n) is 8.14. The number of carbonyl (C=O) groups excluding carboxylic acids is 1. The first-order valence-corrected chi connectivity index (χ1v) is 8.14. The second kappa shape index (κ2) is 6.36. The van der Waals surface area contributed by atoms with E-state index in [4.69, 9.17) is 9.47 Å². The zero-order valence-electron chi connectivity index (χ0n) is 13.3. The minimum Gasteiger partial charge on any atom is -0.454 e. The van der Waals surface area contributed by atoms with Crippen molar-refractivity contribution in [2.24, 2.45) is 0 Å². The van der Waals surface area contributed by atoms with Crippen molar-refractivity contribution in [3.05, 3.63) is 77.4 Å². The Morgan fingerprint density at radius 2 is 1.75 bits per heavy atom. The van der Waals surface area contributed by atoms with Crippen molar-refractivity contribution in [2.45, 2.75) is 18.8 Å². The molecule has 4 rings (SSSR count). The molecule has 2 aromatic carbocycles. The molecule has 0 radical (unpaired) electrons. The van der Waals surface area contributed by atoms with Crippen molar-refractivity contribution in [3.8, 4) is 11.5 Å². The molecule has 1 heterocycles. The van der Waals surface area contributed by atoms with E-state index in [0.29, 0.717) is 6.42 Å². The zero-order chi connectivity index (χ0) is 16.4. The van der Waals surface area contributed by atoms with Gasteiger partial charge in [-0.3, -0.25) is 4.79 Å². The van der Waals surface area contributed by atoms with Crippen LogP contribution in [0.2, 0.25) is 0 Å². The lowest BCUT2D eigenvalue weighted by atomic mass is 9.83. The molecule has 0 N–H and O–H groups in total. The van der Waals surface area contributed by atoms with Crippen molar-refractivity contribution in [2.75, 3.05) is 6.79 Å². The van der Waals surface area contributed by atoms with Gasteiger partial charge in [-0.15, -0.1) is 0 Å². The summed E-state index contributed by atoms with van der Waals surface area (Å²) >= 11 is 0. The molecule has 3 nitrogen and oxygen atoms in total. The number of benzene rings is 2. The lowest BCUT2D eigenvalue weighted by Gasteiger charge is -2.21. The minimum absolute atomic E-state index is 0.177. The van der Waals surface area contributed by atoms with Crippen molar-refractivity contribution < 1.29 is 14.3 Å². The van der Waals surface area contributed by atoms with Crippen LogP contribution in [-0.4, -0.2) is 12.6 Å². The predicted octanol–water partition coefficient (Wildman–Crippen LogP) is 4.50. The van der Waals surface area contributed by atoms with Crippen LogP contribution in [0.15, 0.2) is 66.3 Å². The van der Waals surface area contributed by atoms with E-state index in [-0.39, 0.29) is 18.5 Å². The van der Waals surface area contributed by atoms with Gasteiger partial charge in [-0.2, -0.15) is 0 Å². The third kappa shape index (κ3) is 3.11. The second-order valence-corrected chi connectivity index (χ2v) is 6.15. The molecule has 0 amide bonds. The Morgan fingerprint density at radius 1 is 0.917 bits per heavy atom. The standard InChI is InChI=1S/C21H18O3/c22-19-11-16(7-6-15-4-2-1-3-5-15)10-18(12-19)17-8-9-20-21(13-17)24-14-23-20/h1-9,11,13,18H,10,12,14H2. The molecule has 2 aliphatic rings. The van der Waals surface area contributed by atoms with Crippen molar-refractivity contribution in [3.63, 3.8) is 0 Å². The normalized spacial score (nSPS) is 19.6. The zero-order valence-corrected chi connectivity index (χ0v) is 13.3. The van der Waals surface area contributed by atoms with E-state index in [1.54, 1.807) is 6.08 Å². The molecule has 120 valence electrons. The fourth-order valence-electron chi connectivity index (χ4n) is 3.21. The van der Waals surface area contributed by atoms with Gasteiger partial charge in [-0.25, -0.2) is 0 Å². The van der Waals surface area contributed by atoms with Crippen molar-refractivity contribution in [1.82, 2.24) is 0 Å². The third-order valence-electron chi connectivity index (χ3n) is 4.43. The van der Waals surface area contributed by atoms with Crippen LogP contribution in [0.3, 0.4) is 0 Å². The van der Waals surface area contributed by atoms with Crippen LogP contribution in [-0.2, 0) is 4.79 Å². The number of ether oxygens (including phenoxy) is 2. The molecule has 1 unspecified atom stereocenters. The van der Waals surface area contributed by atoms with Crippen LogP contribution in [0.1, 0.15) is 29.9 Å². The maximum absolute atomic E-state index is 12.1. The fourth-order valence-corrected chi connectivity index (χ4v) is 3.21. The minimum atomic E-state index is 0.177. The summed E-state index contributed by atoms with van der Waals surface area (Å²) in [6.07, 6.45) is 7.27. The maximum atomic E-state index is 12.1. The number of fused-ring (bicyclic) bond motifs is 1. The summed E-state index contributed by atoms with van der Waals surface area (Å²) in [5.41, 5.74) is 3.33. The summed E-state index contributed by atoms with van der Waals surface area (Å²) in [5, 5.41) is 0. The van der Waals surface area contributed by atoms with E-state index < -0.39 is 0 Å². The molecule has 0 spiro atoms. The molecule has 0 aromatic heterocycles. The number of carbonyl (C=O) groups is 1. The van der Waals surface area contributed by atoms with E-state index in [0.717, 1.165) is 34.6 Å². The molecule has 0 saturated carbocycles. The van der Waals surface area contributed by atoms with Gasteiger partial charge in [-0.1, -0.05) is 48.6 Å². The van der Waals surface area contributed by atoms with E-state index in [1.807, 2.05) is 42.5 Å². The summed E-state index contributed by atoms with van der Waals surface area (Å²) in [4.78, 5) is 12.1. The van der Waals surface area contributed by atoms with Crippen LogP contribution >= 0.6 is 0 Å². The van der Waals surface area contributed by atoms with Gasteiger partial charge in [0.15, 0.2) is 17.3 Å². The van der Waals surface area contributed by atoms with E-state index in [9.17, 15) is 4.79 Å². The Bertz CT molecular complexity index is 818. The number of ketones is 1. The number of allylic oxidation sites excluding steroid dienone is 3. The highest BCUT2D eigenvalue weighted by molar-refractivity contribution is 5.92. The maximum Gasteiger partial charge on any atom is 0.231 e. The van der Waals surface area contributed by atoms with Gasteiger partial charge in [0.25, 0.3) is 0 Å². The van der Waals surface area contributed by atoms with Gasteiger partial charge in [0.1, 0.15) is 0 Å². The summed E-state index contributed by atoms with van der Waals surface area (Å²) < 4.78 is 10.8. The first kappa shape index (κ1) is 14.8. The number of hydrogen-bond donors (Lipinski definition) is 0. The molecule has 3 heteroatoms. The molecule has 2 aromatic rings. The van der Waals surface area contributed by atoms with Crippen LogP contribution in [0.4, 0.5) is 0 Å². The summed E-state index contributed by atoms with van der Waals surface area (Å²) in [6, 6.07) is 16.1. The van der Waals surface area contributed by atoms with Gasteiger partial charge in [0, 0.05) is 6.42 Å². The van der Waals surface area contributed by atoms with E-state index in [1.165, 1.54) is 0 Å². The monoisotopic (exact) mass is 318 g/mol. The van der Waals surface area contributed by atoms with Crippen molar-refractivity contribution in [1.29, 1.82) is 0 Å². The molecule has 0 saturated heterocycles. The molecule has 1 aliphatic heterocycles. The molecule has 0 bridgehead atoms.